The van der Waals surface area contributed by atoms with Crippen LogP contribution in [0.15, 0.2) is 48.5 Å². The number of carboxylic acids is 1. The maximum absolute atomic E-state index is 13.0. The lowest BCUT2D eigenvalue weighted by Gasteiger charge is -2.35. The van der Waals surface area contributed by atoms with E-state index in [0.717, 1.165) is 22.3 Å². The summed E-state index contributed by atoms with van der Waals surface area (Å²) in [7, 11) is 0. The van der Waals surface area contributed by atoms with E-state index in [4.69, 9.17) is 9.84 Å². The minimum absolute atomic E-state index is 0.0459. The molecule has 2 aliphatic carbocycles. The molecule has 4 rings (SSSR count). The second-order valence-corrected chi connectivity index (χ2v) is 8.83. The molecule has 0 radical (unpaired) electrons. The molecule has 0 aromatic heterocycles. The van der Waals surface area contributed by atoms with Crippen molar-refractivity contribution in [3.8, 4) is 11.1 Å². The molecule has 2 aromatic carbocycles. The number of aliphatic carboxylic acids is 1. The molecule has 34 heavy (non-hydrogen) atoms. The number of nitrogens with one attached hydrogen (secondary N) is 2. The highest BCUT2D eigenvalue weighted by Gasteiger charge is 2.45. The molecular weight excluding hydrogens is 446 g/mol. The van der Waals surface area contributed by atoms with E-state index in [-0.39, 0.29) is 50.7 Å². The first kappa shape index (κ1) is 23.7. The summed E-state index contributed by atoms with van der Waals surface area (Å²) in [4.78, 5) is 36.0. The zero-order chi connectivity index (χ0) is 24.3. The normalized spacial score (nSPS) is 17.1. The Balaban J connectivity index is 1.35. The van der Waals surface area contributed by atoms with E-state index >= 15 is 0 Å². The molecule has 0 aliphatic heterocycles. The summed E-state index contributed by atoms with van der Waals surface area (Å²) in [5.74, 6) is -4.94. The SMILES string of the molecule is O=C(O)CCC(NC(=O)OCC1c2ccccc2-c2ccccc21)C(=O)NCC1CC(F)(F)C1. The number of carbonyl (C=O) groups excluding carboxylic acids is 2. The van der Waals surface area contributed by atoms with Crippen LogP contribution in [0, 0.1) is 5.92 Å². The van der Waals surface area contributed by atoms with Gasteiger partial charge in [0.05, 0.1) is 0 Å². The van der Waals surface area contributed by atoms with Crippen LogP contribution < -0.4 is 10.6 Å². The zero-order valence-corrected chi connectivity index (χ0v) is 18.4. The van der Waals surface area contributed by atoms with Crippen LogP contribution in [0.4, 0.5) is 13.6 Å². The summed E-state index contributed by atoms with van der Waals surface area (Å²) < 4.78 is 31.4. The average Bonchev–Trinajstić information content (AvgIpc) is 3.11. The third-order valence-electron chi connectivity index (χ3n) is 6.34. The topological polar surface area (TPSA) is 105 Å². The first-order valence-electron chi connectivity index (χ1n) is 11.2. The summed E-state index contributed by atoms with van der Waals surface area (Å²) >= 11 is 0. The number of rotatable bonds is 9. The molecule has 2 aliphatic rings. The Labute approximate surface area is 195 Å². The molecule has 1 fully saturated rings. The second-order valence-electron chi connectivity index (χ2n) is 8.83. The number of hydrogen-bond donors (Lipinski definition) is 3. The predicted octanol–water partition coefficient (Wildman–Crippen LogP) is 3.92. The molecule has 0 saturated heterocycles. The Morgan fingerprint density at radius 2 is 1.62 bits per heavy atom. The molecule has 0 spiro atoms. The fraction of sp³-hybridized carbons (Fsp3) is 0.400. The maximum Gasteiger partial charge on any atom is 0.407 e. The molecule has 0 heterocycles. The third kappa shape index (κ3) is 5.35. The Morgan fingerprint density at radius 3 is 2.18 bits per heavy atom. The lowest BCUT2D eigenvalue weighted by atomic mass is 9.81. The number of halogens is 2. The van der Waals surface area contributed by atoms with Gasteiger partial charge in [0.15, 0.2) is 0 Å². The molecule has 180 valence electrons. The minimum Gasteiger partial charge on any atom is -0.481 e. The van der Waals surface area contributed by atoms with Crippen molar-refractivity contribution >= 4 is 18.0 Å². The van der Waals surface area contributed by atoms with Gasteiger partial charge in [-0.05, 0) is 34.6 Å². The number of hydrogen-bond acceptors (Lipinski definition) is 4. The Kier molecular flexibility index (Phi) is 6.81. The van der Waals surface area contributed by atoms with Crippen molar-refractivity contribution in [3.05, 3.63) is 59.7 Å². The first-order chi connectivity index (χ1) is 16.2. The van der Waals surface area contributed by atoms with Crippen molar-refractivity contribution in [1.82, 2.24) is 10.6 Å². The van der Waals surface area contributed by atoms with Gasteiger partial charge in [-0.2, -0.15) is 0 Å². The molecule has 3 N–H and O–H groups in total. The van der Waals surface area contributed by atoms with E-state index in [2.05, 4.69) is 10.6 Å². The van der Waals surface area contributed by atoms with Gasteiger partial charge in [0.25, 0.3) is 0 Å². The molecule has 9 heteroatoms. The van der Waals surface area contributed by atoms with Gasteiger partial charge in [0.2, 0.25) is 11.8 Å². The molecule has 0 bridgehead atoms. The molecule has 1 atom stereocenters. The van der Waals surface area contributed by atoms with Gasteiger partial charge in [-0.15, -0.1) is 0 Å². The number of ether oxygens (including phenoxy) is 1. The fourth-order valence-electron chi connectivity index (χ4n) is 4.62. The summed E-state index contributed by atoms with van der Waals surface area (Å²) in [6, 6.07) is 14.6. The van der Waals surface area contributed by atoms with Gasteiger partial charge < -0.3 is 20.5 Å². The van der Waals surface area contributed by atoms with Crippen LogP contribution >= 0.6 is 0 Å². The van der Waals surface area contributed by atoms with Crippen molar-refractivity contribution in [2.75, 3.05) is 13.2 Å². The van der Waals surface area contributed by atoms with E-state index in [0.29, 0.717) is 0 Å². The van der Waals surface area contributed by atoms with Gasteiger partial charge in [-0.25, -0.2) is 13.6 Å². The van der Waals surface area contributed by atoms with Crippen molar-refractivity contribution < 1.29 is 33.0 Å². The molecule has 2 aromatic rings. The summed E-state index contributed by atoms with van der Waals surface area (Å²) in [6.07, 6.45) is -1.93. The van der Waals surface area contributed by atoms with Crippen molar-refractivity contribution in [3.63, 3.8) is 0 Å². The van der Waals surface area contributed by atoms with E-state index in [1.807, 2.05) is 48.5 Å². The number of benzene rings is 2. The van der Waals surface area contributed by atoms with Gasteiger partial charge in [-0.1, -0.05) is 48.5 Å². The quantitative estimate of drug-likeness (QED) is 0.513. The Hall–Kier alpha value is -3.49. The van der Waals surface area contributed by atoms with Crippen LogP contribution in [0.2, 0.25) is 0 Å². The highest BCUT2D eigenvalue weighted by Crippen LogP contribution is 2.44. The summed E-state index contributed by atoms with van der Waals surface area (Å²) in [5, 5.41) is 13.9. The smallest absolute Gasteiger partial charge is 0.407 e. The number of amides is 2. The third-order valence-corrected chi connectivity index (χ3v) is 6.34. The highest BCUT2D eigenvalue weighted by molar-refractivity contribution is 5.86. The summed E-state index contributed by atoms with van der Waals surface area (Å²) in [5.41, 5.74) is 4.22. The van der Waals surface area contributed by atoms with Crippen LogP contribution in [0.25, 0.3) is 11.1 Å². The van der Waals surface area contributed by atoms with Crippen molar-refractivity contribution in [2.24, 2.45) is 5.92 Å². The molecule has 1 unspecified atom stereocenters. The lowest BCUT2D eigenvalue weighted by molar-refractivity contribution is -0.137. The summed E-state index contributed by atoms with van der Waals surface area (Å²) in [6.45, 7) is 0.0919. The molecular formula is C25H26F2N2O5. The molecule has 7 nitrogen and oxygen atoms in total. The van der Waals surface area contributed by atoms with Gasteiger partial charge in [0.1, 0.15) is 12.6 Å². The van der Waals surface area contributed by atoms with E-state index in [1.165, 1.54) is 0 Å². The fourth-order valence-corrected chi connectivity index (χ4v) is 4.62. The molecule has 2 amide bonds. The van der Waals surface area contributed by atoms with Crippen LogP contribution in [-0.2, 0) is 14.3 Å². The van der Waals surface area contributed by atoms with E-state index in [9.17, 15) is 23.2 Å². The number of carboxylic acid groups (broad SMARTS) is 1. The largest absolute Gasteiger partial charge is 0.481 e. The van der Waals surface area contributed by atoms with Crippen LogP contribution in [-0.4, -0.2) is 48.2 Å². The van der Waals surface area contributed by atoms with Crippen molar-refractivity contribution in [1.29, 1.82) is 0 Å². The predicted molar refractivity (Wildman–Crippen MR) is 120 cm³/mol. The first-order valence-corrected chi connectivity index (χ1v) is 11.2. The zero-order valence-electron chi connectivity index (χ0n) is 18.4. The maximum atomic E-state index is 13.0. The average molecular weight is 472 g/mol. The van der Waals surface area contributed by atoms with Gasteiger partial charge in [0, 0.05) is 31.7 Å². The van der Waals surface area contributed by atoms with Gasteiger partial charge >= 0.3 is 12.1 Å². The number of carbonyl (C=O) groups is 3. The number of alkyl halides is 2. The van der Waals surface area contributed by atoms with Crippen LogP contribution in [0.3, 0.4) is 0 Å². The van der Waals surface area contributed by atoms with Gasteiger partial charge in [-0.3, -0.25) is 9.59 Å². The van der Waals surface area contributed by atoms with Crippen LogP contribution in [0.1, 0.15) is 42.7 Å². The molecule has 1 saturated carbocycles. The van der Waals surface area contributed by atoms with E-state index in [1.54, 1.807) is 0 Å². The number of alkyl carbamates (subject to hydrolysis) is 1. The van der Waals surface area contributed by atoms with E-state index < -0.39 is 29.9 Å². The minimum atomic E-state index is -2.70. The monoisotopic (exact) mass is 472 g/mol. The standard InChI is InChI=1S/C25H26F2N2O5/c26-25(27)11-15(12-25)13-28-23(32)21(9-10-22(30)31)29-24(33)34-14-20-18-7-3-1-5-16(18)17-6-2-4-8-19(17)20/h1-8,15,20-21H,9-14H2,(H,28,32)(H,29,33)(H,30,31). The van der Waals surface area contributed by atoms with Crippen LogP contribution in [0.5, 0.6) is 0 Å². The lowest BCUT2D eigenvalue weighted by Crippen LogP contribution is -2.50. The van der Waals surface area contributed by atoms with Crippen molar-refractivity contribution in [2.45, 2.75) is 43.6 Å². The number of fused-ring (bicyclic) bond motifs is 3. The Morgan fingerprint density at radius 1 is 1.03 bits per heavy atom. The Bertz CT molecular complexity index is 1040. The second kappa shape index (κ2) is 9.79. The highest BCUT2D eigenvalue weighted by atomic mass is 19.3.